The van der Waals surface area contributed by atoms with E-state index in [2.05, 4.69) is 4.98 Å². The lowest BCUT2D eigenvalue weighted by Gasteiger charge is -2.29. The van der Waals surface area contributed by atoms with Crippen molar-refractivity contribution in [2.45, 2.75) is 39.4 Å². The number of aromatic carboxylic acids is 1. The molecule has 0 aliphatic carbocycles. The highest BCUT2D eigenvalue weighted by molar-refractivity contribution is 5.93. The SMILES string of the molecule is CCCN(c1nc(C(F)(F)F)ccc1C(=O)O)C(C)C. The molecule has 1 N–H and O–H groups in total. The van der Waals surface area contributed by atoms with E-state index in [4.69, 9.17) is 5.11 Å². The van der Waals surface area contributed by atoms with Crippen molar-refractivity contribution in [3.05, 3.63) is 23.4 Å². The third-order valence-electron chi connectivity index (χ3n) is 2.76. The molecule has 0 aliphatic rings. The Hall–Kier alpha value is -1.79. The van der Waals surface area contributed by atoms with E-state index in [1.807, 2.05) is 6.92 Å². The summed E-state index contributed by atoms with van der Waals surface area (Å²) in [5.41, 5.74) is -1.31. The molecule has 1 aromatic rings. The molecule has 0 aromatic carbocycles. The maximum atomic E-state index is 12.7. The molecule has 0 spiro atoms. The van der Waals surface area contributed by atoms with Gasteiger partial charge in [0.15, 0.2) is 0 Å². The van der Waals surface area contributed by atoms with E-state index in [1.165, 1.54) is 0 Å². The van der Waals surface area contributed by atoms with Gasteiger partial charge in [0.2, 0.25) is 0 Å². The Kier molecular flexibility index (Phi) is 4.97. The molecule has 1 aromatic heterocycles. The van der Waals surface area contributed by atoms with Crippen LogP contribution in [0.5, 0.6) is 0 Å². The molecule has 0 bridgehead atoms. The normalized spacial score (nSPS) is 11.8. The van der Waals surface area contributed by atoms with Gasteiger partial charge in [-0.1, -0.05) is 6.92 Å². The fourth-order valence-corrected chi connectivity index (χ4v) is 1.84. The number of aromatic nitrogens is 1. The Balaban J connectivity index is 3.41. The Labute approximate surface area is 115 Å². The highest BCUT2D eigenvalue weighted by Crippen LogP contribution is 2.31. The molecule has 0 atom stereocenters. The second-order valence-electron chi connectivity index (χ2n) is 4.66. The molecule has 7 heteroatoms. The Morgan fingerprint density at radius 3 is 2.40 bits per heavy atom. The lowest BCUT2D eigenvalue weighted by Crippen LogP contribution is -2.34. The van der Waals surface area contributed by atoms with E-state index in [9.17, 15) is 18.0 Å². The van der Waals surface area contributed by atoms with E-state index in [1.54, 1.807) is 18.7 Å². The average molecular weight is 290 g/mol. The molecule has 0 saturated carbocycles. The van der Waals surface area contributed by atoms with Crippen LogP contribution in [0.25, 0.3) is 0 Å². The Morgan fingerprint density at radius 2 is 2.00 bits per heavy atom. The summed E-state index contributed by atoms with van der Waals surface area (Å²) in [6.45, 7) is 5.86. The van der Waals surface area contributed by atoms with Gasteiger partial charge in [0.05, 0.1) is 0 Å². The number of alkyl halides is 3. The summed E-state index contributed by atoms with van der Waals surface area (Å²) in [7, 11) is 0. The second kappa shape index (κ2) is 6.11. The first kappa shape index (κ1) is 16.3. The van der Waals surface area contributed by atoms with E-state index < -0.39 is 17.8 Å². The fraction of sp³-hybridized carbons (Fsp3) is 0.538. The van der Waals surface area contributed by atoms with Crippen LogP contribution in [0.4, 0.5) is 19.0 Å². The third-order valence-corrected chi connectivity index (χ3v) is 2.76. The van der Waals surface area contributed by atoms with Gasteiger partial charge < -0.3 is 10.0 Å². The molecule has 20 heavy (non-hydrogen) atoms. The van der Waals surface area contributed by atoms with Crippen LogP contribution in [0.1, 0.15) is 43.2 Å². The second-order valence-corrected chi connectivity index (χ2v) is 4.66. The first-order valence-corrected chi connectivity index (χ1v) is 6.26. The molecule has 1 rings (SSSR count). The predicted octanol–water partition coefficient (Wildman–Crippen LogP) is 3.42. The van der Waals surface area contributed by atoms with Gasteiger partial charge in [0, 0.05) is 12.6 Å². The van der Waals surface area contributed by atoms with Crippen LogP contribution in [0.2, 0.25) is 0 Å². The van der Waals surface area contributed by atoms with Crippen molar-refractivity contribution in [3.63, 3.8) is 0 Å². The minimum Gasteiger partial charge on any atom is -0.478 e. The van der Waals surface area contributed by atoms with Gasteiger partial charge in [0.25, 0.3) is 0 Å². The van der Waals surface area contributed by atoms with Crippen molar-refractivity contribution in [1.82, 2.24) is 4.98 Å². The maximum Gasteiger partial charge on any atom is 0.433 e. The minimum absolute atomic E-state index is 0.135. The molecule has 0 radical (unpaired) electrons. The smallest absolute Gasteiger partial charge is 0.433 e. The molecule has 112 valence electrons. The standard InChI is InChI=1S/C13H17F3N2O2/c1-4-7-18(8(2)3)11-9(12(19)20)5-6-10(17-11)13(14,15)16/h5-6,8H,4,7H2,1-3H3,(H,19,20). The molecule has 0 saturated heterocycles. The maximum absolute atomic E-state index is 12.7. The number of hydrogen-bond donors (Lipinski definition) is 1. The van der Waals surface area contributed by atoms with Crippen molar-refractivity contribution in [3.8, 4) is 0 Å². The summed E-state index contributed by atoms with van der Waals surface area (Å²) in [6, 6.07) is 1.50. The molecule has 4 nitrogen and oxygen atoms in total. The number of pyridine rings is 1. The van der Waals surface area contributed by atoms with Gasteiger partial charge >= 0.3 is 12.1 Å². The van der Waals surface area contributed by atoms with Crippen molar-refractivity contribution >= 4 is 11.8 Å². The Bertz CT molecular complexity index is 487. The van der Waals surface area contributed by atoms with Crippen LogP contribution < -0.4 is 4.90 Å². The number of anilines is 1. The number of rotatable bonds is 5. The lowest BCUT2D eigenvalue weighted by molar-refractivity contribution is -0.141. The third kappa shape index (κ3) is 3.61. The van der Waals surface area contributed by atoms with Crippen molar-refractivity contribution < 1.29 is 23.1 Å². The van der Waals surface area contributed by atoms with E-state index in [0.29, 0.717) is 19.0 Å². The number of halogens is 3. The van der Waals surface area contributed by atoms with Gasteiger partial charge in [-0.25, -0.2) is 9.78 Å². The van der Waals surface area contributed by atoms with Crippen LogP contribution in [-0.4, -0.2) is 28.6 Å². The molecule has 0 amide bonds. The first-order valence-electron chi connectivity index (χ1n) is 6.26. The lowest BCUT2D eigenvalue weighted by atomic mass is 10.2. The largest absolute Gasteiger partial charge is 0.478 e. The summed E-state index contributed by atoms with van der Waals surface area (Å²) in [4.78, 5) is 16.3. The molecule has 0 fully saturated rings. The highest BCUT2D eigenvalue weighted by atomic mass is 19.4. The van der Waals surface area contributed by atoms with Crippen molar-refractivity contribution in [1.29, 1.82) is 0 Å². The fourth-order valence-electron chi connectivity index (χ4n) is 1.84. The van der Waals surface area contributed by atoms with Crippen LogP contribution >= 0.6 is 0 Å². The quantitative estimate of drug-likeness (QED) is 0.902. The van der Waals surface area contributed by atoms with Crippen LogP contribution in [0.15, 0.2) is 12.1 Å². The molecular weight excluding hydrogens is 273 g/mol. The number of nitrogens with zero attached hydrogens (tertiary/aromatic N) is 2. The minimum atomic E-state index is -4.60. The number of carboxylic acids is 1. The van der Waals surface area contributed by atoms with Crippen LogP contribution in [0, 0.1) is 0 Å². The monoisotopic (exact) mass is 290 g/mol. The molecule has 1 heterocycles. The van der Waals surface area contributed by atoms with Crippen LogP contribution in [0.3, 0.4) is 0 Å². The Morgan fingerprint density at radius 1 is 1.40 bits per heavy atom. The average Bonchev–Trinajstić information content (AvgIpc) is 2.33. The summed E-state index contributed by atoms with van der Waals surface area (Å²) < 4.78 is 38.2. The zero-order valence-electron chi connectivity index (χ0n) is 11.5. The van der Waals surface area contributed by atoms with Crippen LogP contribution in [-0.2, 0) is 6.18 Å². The molecular formula is C13H17F3N2O2. The van der Waals surface area contributed by atoms with E-state index in [0.717, 1.165) is 6.07 Å². The van der Waals surface area contributed by atoms with Gasteiger partial charge in [-0.05, 0) is 32.4 Å². The summed E-state index contributed by atoms with van der Waals surface area (Å²) >= 11 is 0. The predicted molar refractivity (Wildman–Crippen MR) is 69.0 cm³/mol. The van der Waals surface area contributed by atoms with Crippen molar-refractivity contribution in [2.24, 2.45) is 0 Å². The summed E-state index contributed by atoms with van der Waals surface area (Å²) in [6.07, 6.45) is -3.92. The zero-order valence-corrected chi connectivity index (χ0v) is 11.5. The topological polar surface area (TPSA) is 53.4 Å². The molecule has 0 unspecified atom stereocenters. The zero-order chi connectivity index (χ0) is 15.5. The number of carbonyl (C=O) groups is 1. The number of carboxylic acid groups (broad SMARTS) is 1. The number of hydrogen-bond acceptors (Lipinski definition) is 3. The first-order chi connectivity index (χ1) is 9.18. The summed E-state index contributed by atoms with van der Waals surface area (Å²) in [5.74, 6) is -1.42. The summed E-state index contributed by atoms with van der Waals surface area (Å²) in [5, 5.41) is 9.11. The van der Waals surface area contributed by atoms with Gasteiger partial charge in [-0.15, -0.1) is 0 Å². The van der Waals surface area contributed by atoms with Gasteiger partial charge in [-0.2, -0.15) is 13.2 Å². The van der Waals surface area contributed by atoms with Gasteiger partial charge in [-0.3, -0.25) is 0 Å². The molecule has 0 aliphatic heterocycles. The van der Waals surface area contributed by atoms with E-state index >= 15 is 0 Å². The van der Waals surface area contributed by atoms with Crippen molar-refractivity contribution in [2.75, 3.05) is 11.4 Å². The highest BCUT2D eigenvalue weighted by Gasteiger charge is 2.34. The van der Waals surface area contributed by atoms with Gasteiger partial charge in [0.1, 0.15) is 17.1 Å². The van der Waals surface area contributed by atoms with E-state index in [-0.39, 0.29) is 17.4 Å².